The molecule has 9 heteroatoms. The minimum absolute atomic E-state index is 0. The fourth-order valence-corrected chi connectivity index (χ4v) is 3.47. The van der Waals surface area contributed by atoms with Crippen LogP contribution in [0.2, 0.25) is 0 Å². The van der Waals surface area contributed by atoms with E-state index >= 15 is 0 Å². The van der Waals surface area contributed by atoms with Crippen LogP contribution in [0.3, 0.4) is 0 Å². The van der Waals surface area contributed by atoms with Crippen molar-refractivity contribution < 1.29 is 52.7 Å². The van der Waals surface area contributed by atoms with E-state index in [4.69, 9.17) is 4.84 Å². The molecule has 7 nitrogen and oxygen atoms in total. The molecule has 27 heavy (non-hydrogen) atoms. The summed E-state index contributed by atoms with van der Waals surface area (Å²) in [5, 5.41) is 16.4. The van der Waals surface area contributed by atoms with Crippen molar-refractivity contribution in [1.29, 1.82) is 0 Å². The first kappa shape index (κ1) is 23.7. The second-order valence-corrected chi connectivity index (χ2v) is 7.88. The molecule has 0 spiro atoms. The summed E-state index contributed by atoms with van der Waals surface area (Å²) < 4.78 is 24.9. The summed E-state index contributed by atoms with van der Waals surface area (Å²) in [6, 6.07) is 6.72. The smallest absolute Gasteiger partial charge is 0.875 e. The van der Waals surface area contributed by atoms with Crippen LogP contribution in [0.25, 0.3) is 0 Å². The molecule has 2 rings (SSSR count). The van der Waals surface area contributed by atoms with Crippen molar-refractivity contribution in [2.45, 2.75) is 39.0 Å². The molecule has 0 aromatic heterocycles. The fourth-order valence-electron chi connectivity index (χ4n) is 2.90. The van der Waals surface area contributed by atoms with Gasteiger partial charge in [-0.2, -0.15) is 0 Å². The van der Waals surface area contributed by atoms with Crippen LogP contribution in [-0.4, -0.2) is 32.8 Å². The number of nitrogens with zero attached hydrogens (tertiary/aromatic N) is 1. The van der Waals surface area contributed by atoms with Crippen LogP contribution >= 0.6 is 0 Å². The molecule has 1 aliphatic rings. The van der Waals surface area contributed by atoms with Crippen molar-refractivity contribution in [3.63, 3.8) is 0 Å². The molecule has 0 saturated heterocycles. The summed E-state index contributed by atoms with van der Waals surface area (Å²) in [5.74, 6) is -0.689. The Morgan fingerprint density at radius 2 is 1.89 bits per heavy atom. The summed E-state index contributed by atoms with van der Waals surface area (Å²) in [6.45, 7) is 3.98. The van der Waals surface area contributed by atoms with Crippen molar-refractivity contribution in [2.24, 2.45) is 5.16 Å². The number of hydrogen-bond donors (Lipinski definition) is 1. The molecular formula is C18H23N2NaO5S. The van der Waals surface area contributed by atoms with Crippen molar-refractivity contribution in [2.75, 3.05) is 17.6 Å². The van der Waals surface area contributed by atoms with Gasteiger partial charge in [0.05, 0.1) is 12.0 Å². The molecule has 0 amide bonds. The first-order valence-electron chi connectivity index (χ1n) is 8.45. The Morgan fingerprint density at radius 1 is 1.26 bits per heavy atom. The van der Waals surface area contributed by atoms with Crippen molar-refractivity contribution in [3.8, 4) is 0 Å². The molecule has 142 valence electrons. The van der Waals surface area contributed by atoms with E-state index in [9.17, 15) is 18.3 Å². The number of ketones is 1. The predicted octanol–water partition coefficient (Wildman–Crippen LogP) is -1.07. The minimum Gasteiger partial charge on any atom is -0.875 e. The van der Waals surface area contributed by atoms with Gasteiger partial charge in [0.15, 0.2) is 5.78 Å². The number of carbonyl (C=O) groups is 1. The Hall–Kier alpha value is -1.35. The summed E-state index contributed by atoms with van der Waals surface area (Å²) >= 11 is 0. The van der Waals surface area contributed by atoms with E-state index in [1.54, 1.807) is 31.2 Å². The zero-order chi connectivity index (χ0) is 19.3. The number of nitrogens with one attached hydrogen (secondary N) is 1. The zero-order valence-corrected chi connectivity index (χ0v) is 18.9. The average Bonchev–Trinajstić information content (AvgIpc) is 2.56. The van der Waals surface area contributed by atoms with Gasteiger partial charge in [0.2, 0.25) is 10.0 Å². The van der Waals surface area contributed by atoms with Gasteiger partial charge in [0.25, 0.3) is 0 Å². The molecule has 0 bridgehead atoms. The minimum atomic E-state index is -3.35. The van der Waals surface area contributed by atoms with Gasteiger partial charge in [-0.15, -0.1) is 5.76 Å². The monoisotopic (exact) mass is 402 g/mol. The van der Waals surface area contributed by atoms with Crippen LogP contribution in [0.4, 0.5) is 5.69 Å². The van der Waals surface area contributed by atoms with Crippen LogP contribution in [-0.2, 0) is 19.7 Å². The maximum atomic E-state index is 12.5. The van der Waals surface area contributed by atoms with E-state index < -0.39 is 10.0 Å². The summed E-state index contributed by atoms with van der Waals surface area (Å²) in [7, 11) is -3.35. The molecule has 1 aromatic carbocycles. The number of allylic oxidation sites excluding steroid dienone is 2. The van der Waals surface area contributed by atoms with E-state index in [0.717, 1.165) is 11.8 Å². The van der Waals surface area contributed by atoms with Crippen LogP contribution in [0.5, 0.6) is 0 Å². The molecule has 1 N–H and O–H groups in total. The summed E-state index contributed by atoms with van der Waals surface area (Å²) in [5.41, 5.74) is 1.80. The molecule has 0 aliphatic heterocycles. The first-order valence-corrected chi connectivity index (χ1v) is 10.3. The number of oxime groups is 1. The topological polar surface area (TPSA) is 108 Å². The Balaban J connectivity index is 0.00000364. The third-order valence-electron chi connectivity index (χ3n) is 4.03. The standard InChI is InChI=1S/C18H24N2O5S.Na/c1-4-15(19-25-5-2)18-16(21)10-13(11-17(18)22)12-6-8-14(9-7-12)20-26(3,23)24;/h6-9,13,20-21H,4-5,10-11H2,1-3H3;/q;+1/p-1/b19-15-;. The zero-order valence-electron chi connectivity index (χ0n) is 16.1. The Morgan fingerprint density at radius 3 is 2.37 bits per heavy atom. The second kappa shape index (κ2) is 10.3. The maximum Gasteiger partial charge on any atom is 1.00 e. The van der Waals surface area contributed by atoms with E-state index in [-0.39, 0.29) is 65.4 Å². The maximum absolute atomic E-state index is 12.5. The largest absolute Gasteiger partial charge is 1.00 e. The van der Waals surface area contributed by atoms with Crippen LogP contribution in [0.15, 0.2) is 40.8 Å². The third-order valence-corrected chi connectivity index (χ3v) is 4.64. The van der Waals surface area contributed by atoms with Gasteiger partial charge in [-0.05, 0) is 43.4 Å². The third kappa shape index (κ3) is 6.64. The fraction of sp³-hybridized carbons (Fsp3) is 0.444. The number of Topliss-reactive ketones (excluding diaryl/α,β-unsaturated/α-hetero) is 1. The number of carbonyl (C=O) groups excluding carboxylic acids is 1. The molecule has 0 radical (unpaired) electrons. The van der Waals surface area contributed by atoms with E-state index in [0.29, 0.717) is 24.4 Å². The van der Waals surface area contributed by atoms with E-state index in [1.807, 2.05) is 6.92 Å². The predicted molar refractivity (Wildman–Crippen MR) is 98.3 cm³/mol. The number of anilines is 1. The summed E-state index contributed by atoms with van der Waals surface area (Å²) in [4.78, 5) is 17.5. The molecule has 0 fully saturated rings. The van der Waals surface area contributed by atoms with Gasteiger partial charge in [0.1, 0.15) is 6.61 Å². The molecule has 1 unspecified atom stereocenters. The summed E-state index contributed by atoms with van der Waals surface area (Å²) in [6.07, 6.45) is 1.95. The Kier molecular flexibility index (Phi) is 9.01. The van der Waals surface area contributed by atoms with Crippen molar-refractivity contribution in [1.82, 2.24) is 0 Å². The van der Waals surface area contributed by atoms with Crippen LogP contribution in [0, 0.1) is 0 Å². The number of hydrogen-bond acceptors (Lipinski definition) is 6. The molecule has 1 aliphatic carbocycles. The van der Waals surface area contributed by atoms with Crippen LogP contribution in [0.1, 0.15) is 44.6 Å². The molecule has 1 atom stereocenters. The molecule has 1 aromatic rings. The van der Waals surface area contributed by atoms with Crippen molar-refractivity contribution in [3.05, 3.63) is 41.2 Å². The van der Waals surface area contributed by atoms with Gasteiger partial charge < -0.3 is 9.94 Å². The first-order chi connectivity index (χ1) is 12.2. The SMILES string of the molecule is CCO/N=C(/CC)C1=C([O-])CC(c2ccc(NS(C)(=O)=O)cc2)CC1=O.[Na+]. The Labute approximate surface area is 182 Å². The van der Waals surface area contributed by atoms with Gasteiger partial charge in [-0.25, -0.2) is 8.42 Å². The number of sulfonamides is 1. The van der Waals surface area contributed by atoms with Crippen LogP contribution < -0.4 is 39.4 Å². The molecule has 0 saturated carbocycles. The van der Waals surface area contributed by atoms with Gasteiger partial charge in [0, 0.05) is 17.7 Å². The number of rotatable bonds is 7. The molecular weight excluding hydrogens is 379 g/mol. The normalized spacial score (nSPS) is 18.1. The average molecular weight is 402 g/mol. The molecule has 0 heterocycles. The van der Waals surface area contributed by atoms with E-state index in [2.05, 4.69) is 9.88 Å². The Bertz CT molecular complexity index is 832. The quantitative estimate of drug-likeness (QED) is 0.355. The van der Waals surface area contributed by atoms with Gasteiger partial charge >= 0.3 is 29.6 Å². The number of benzene rings is 1. The van der Waals surface area contributed by atoms with Gasteiger partial charge in [-0.1, -0.05) is 24.2 Å². The van der Waals surface area contributed by atoms with Crippen molar-refractivity contribution >= 4 is 27.2 Å². The second-order valence-electron chi connectivity index (χ2n) is 6.13. The van der Waals surface area contributed by atoms with Gasteiger partial charge in [-0.3, -0.25) is 9.52 Å². The van der Waals surface area contributed by atoms with E-state index in [1.165, 1.54) is 0 Å².